The molecular formula is C47H57N3O5S2. The number of hydrogen-bond acceptors (Lipinski definition) is 6. The molecule has 5 rings (SSSR count). The Bertz CT molecular complexity index is 2060. The van der Waals surface area contributed by atoms with Gasteiger partial charge in [-0.3, -0.25) is 4.79 Å². The Morgan fingerprint density at radius 1 is 0.754 bits per heavy atom. The number of nitrogens with one attached hydrogen (secondary N) is 1. The van der Waals surface area contributed by atoms with E-state index in [4.69, 9.17) is 4.74 Å². The zero-order chi connectivity index (χ0) is 40.8. The topological polar surface area (TPSA) is 99.2 Å². The zero-order valence-electron chi connectivity index (χ0n) is 33.6. The van der Waals surface area contributed by atoms with Crippen molar-refractivity contribution in [1.29, 1.82) is 0 Å². The second-order valence-corrected chi connectivity index (χ2v) is 18.8. The number of sulfonamides is 1. The number of ether oxygens (including phenoxy) is 1. The molecule has 5 aromatic rings. The maximum Gasteiger partial charge on any atom is 0.224 e. The van der Waals surface area contributed by atoms with Crippen LogP contribution in [0, 0.1) is 11.8 Å². The van der Waals surface area contributed by atoms with E-state index in [2.05, 4.69) is 28.8 Å². The normalized spacial score (nSPS) is 14.1. The van der Waals surface area contributed by atoms with Gasteiger partial charge in [0, 0.05) is 24.5 Å². The van der Waals surface area contributed by atoms with E-state index < -0.39 is 56.5 Å². The van der Waals surface area contributed by atoms with Crippen molar-refractivity contribution in [2.45, 2.75) is 63.7 Å². The lowest BCUT2D eigenvalue weighted by Crippen LogP contribution is -2.51. The van der Waals surface area contributed by atoms with Gasteiger partial charge in [-0.25, -0.2) is 12.7 Å². The summed E-state index contributed by atoms with van der Waals surface area (Å²) in [4.78, 5) is 15.3. The number of methoxy groups -OCH3 is 1. The van der Waals surface area contributed by atoms with E-state index in [0.717, 1.165) is 39.4 Å². The number of benzene rings is 5. The van der Waals surface area contributed by atoms with Crippen molar-refractivity contribution in [3.8, 4) is 5.75 Å². The first-order valence-corrected chi connectivity index (χ1v) is 22.4. The number of amides is 1. The fourth-order valence-electron chi connectivity index (χ4n) is 7.00. The van der Waals surface area contributed by atoms with Gasteiger partial charge in [0.1, 0.15) is 5.75 Å². The van der Waals surface area contributed by atoms with Crippen molar-refractivity contribution in [1.82, 2.24) is 13.9 Å². The van der Waals surface area contributed by atoms with Gasteiger partial charge in [0.05, 0.1) is 37.0 Å². The van der Waals surface area contributed by atoms with Crippen molar-refractivity contribution in [2.75, 3.05) is 26.0 Å². The highest BCUT2D eigenvalue weighted by atomic mass is 32.2. The van der Waals surface area contributed by atoms with Gasteiger partial charge in [-0.1, -0.05) is 153 Å². The summed E-state index contributed by atoms with van der Waals surface area (Å²) in [5.41, 5.74) is 3.45. The molecule has 0 saturated heterocycles. The molecule has 0 aliphatic carbocycles. The summed E-state index contributed by atoms with van der Waals surface area (Å²) in [7, 11) is -2.87. The van der Waals surface area contributed by atoms with Crippen LogP contribution in [0.5, 0.6) is 5.75 Å². The number of carbonyl (C=O) groups excluding carboxylic acids is 1. The molecular weight excluding hydrogens is 751 g/mol. The molecule has 4 atom stereocenters. The van der Waals surface area contributed by atoms with Crippen molar-refractivity contribution in [3.63, 3.8) is 0 Å². The fourth-order valence-corrected chi connectivity index (χ4v) is 10.9. The summed E-state index contributed by atoms with van der Waals surface area (Å²) >= 11 is 0. The van der Waals surface area contributed by atoms with Crippen LogP contribution in [-0.4, -0.2) is 71.5 Å². The first-order valence-electron chi connectivity index (χ1n) is 19.6. The van der Waals surface area contributed by atoms with E-state index >= 15 is 0 Å². The summed E-state index contributed by atoms with van der Waals surface area (Å²) in [5.74, 6) is -0.681. The number of hydrogen-bond donors (Lipinski definition) is 2. The summed E-state index contributed by atoms with van der Waals surface area (Å²) in [6, 6.07) is 45.2. The van der Waals surface area contributed by atoms with E-state index in [1.54, 1.807) is 14.0 Å². The van der Waals surface area contributed by atoms with Gasteiger partial charge in [-0.2, -0.15) is 4.31 Å². The van der Waals surface area contributed by atoms with Gasteiger partial charge < -0.3 is 15.2 Å². The summed E-state index contributed by atoms with van der Waals surface area (Å²) in [6.45, 7) is 9.12. The molecule has 0 aliphatic heterocycles. The smallest absolute Gasteiger partial charge is 0.224 e. The third-order valence-corrected chi connectivity index (χ3v) is 13.8. The summed E-state index contributed by atoms with van der Waals surface area (Å²) in [6.07, 6.45) is -0.584. The average molecular weight is 808 g/mol. The van der Waals surface area contributed by atoms with E-state index in [9.17, 15) is 18.3 Å². The predicted molar refractivity (Wildman–Crippen MR) is 235 cm³/mol. The largest absolute Gasteiger partial charge is 0.497 e. The van der Waals surface area contributed by atoms with Crippen LogP contribution in [0.3, 0.4) is 0 Å². The first kappa shape index (κ1) is 43.5. The predicted octanol–water partition coefficient (Wildman–Crippen LogP) is 8.36. The lowest BCUT2D eigenvalue weighted by molar-refractivity contribution is -0.125. The third-order valence-electron chi connectivity index (χ3n) is 9.82. The fraction of sp³-hybridized carbons (Fsp3) is 0.319. The third kappa shape index (κ3) is 12.5. The summed E-state index contributed by atoms with van der Waals surface area (Å²) < 4.78 is 38.7. The van der Waals surface area contributed by atoms with Crippen LogP contribution < -0.4 is 10.1 Å². The molecule has 5 aromatic carbocycles. The number of aliphatic hydroxyl groups excluding tert-OH is 1. The van der Waals surface area contributed by atoms with Crippen LogP contribution in [0.2, 0.25) is 0 Å². The Morgan fingerprint density at radius 3 is 1.75 bits per heavy atom. The van der Waals surface area contributed by atoms with Crippen LogP contribution in [-0.2, 0) is 27.8 Å². The molecule has 1 amide bonds. The molecule has 10 heteroatoms. The molecule has 302 valence electrons. The molecule has 8 nitrogen and oxygen atoms in total. The second kappa shape index (κ2) is 21.3. The van der Waals surface area contributed by atoms with Gasteiger partial charge >= 0.3 is 0 Å². The van der Waals surface area contributed by atoms with E-state index in [0.29, 0.717) is 18.9 Å². The van der Waals surface area contributed by atoms with Crippen LogP contribution in [0.25, 0.3) is 0 Å². The molecule has 0 bridgehead atoms. The van der Waals surface area contributed by atoms with Crippen LogP contribution >= 0.6 is 10.7 Å². The molecule has 2 N–H and O–H groups in total. The van der Waals surface area contributed by atoms with Crippen LogP contribution in [0.4, 0.5) is 0 Å². The van der Waals surface area contributed by atoms with E-state index in [1.807, 2.05) is 153 Å². The number of aliphatic hydroxyl groups is 1. The van der Waals surface area contributed by atoms with E-state index in [1.165, 1.54) is 4.31 Å². The van der Waals surface area contributed by atoms with Gasteiger partial charge in [0.25, 0.3) is 0 Å². The quantitative estimate of drug-likeness (QED) is 0.0768. The Balaban J connectivity index is 1.42. The van der Waals surface area contributed by atoms with Crippen molar-refractivity contribution < 1.29 is 23.1 Å². The van der Waals surface area contributed by atoms with Gasteiger partial charge in [0.2, 0.25) is 15.9 Å². The van der Waals surface area contributed by atoms with E-state index in [-0.39, 0.29) is 6.54 Å². The molecule has 0 aliphatic rings. The number of rotatable bonds is 20. The lowest BCUT2D eigenvalue weighted by atomic mass is 9.98. The Kier molecular flexibility index (Phi) is 16.2. The van der Waals surface area contributed by atoms with Gasteiger partial charge in [0.15, 0.2) is 0 Å². The maximum atomic E-state index is 14.8. The molecule has 0 spiro atoms. The highest BCUT2D eigenvalue weighted by molar-refractivity contribution is 8.13. The second-order valence-electron chi connectivity index (χ2n) is 14.8. The highest BCUT2D eigenvalue weighted by Gasteiger charge is 2.36. The minimum absolute atomic E-state index is 0.123. The molecule has 0 saturated carbocycles. The SMILES string of the molecule is C/C=S(\c1ccc(OC)cc1)N(CC(C)C)C[C@@H](O)[C@H](Cc1ccccc1)NC(=O)[C@H](C)CS(=O)(=O)N(Cc1ccccc1)C(c1ccccc1)c1ccccc1. The molecule has 0 fully saturated rings. The first-order chi connectivity index (χ1) is 27.5. The number of nitrogens with zero attached hydrogens (tertiary/aromatic N) is 2. The Labute approximate surface area is 342 Å². The molecule has 57 heavy (non-hydrogen) atoms. The molecule has 0 radical (unpaired) electrons. The number of carbonyl (C=O) groups is 1. The average Bonchev–Trinajstić information content (AvgIpc) is 3.22. The van der Waals surface area contributed by atoms with Crippen LogP contribution in [0.15, 0.2) is 150 Å². The van der Waals surface area contributed by atoms with Crippen molar-refractivity contribution in [3.05, 3.63) is 168 Å². The van der Waals surface area contributed by atoms with Gasteiger partial charge in [-0.05, 0) is 71.1 Å². The van der Waals surface area contributed by atoms with Crippen molar-refractivity contribution >= 4 is 32.0 Å². The minimum Gasteiger partial charge on any atom is -0.497 e. The Hall–Kier alpha value is -4.58. The highest BCUT2D eigenvalue weighted by Crippen LogP contribution is 2.35. The summed E-state index contributed by atoms with van der Waals surface area (Å²) in [5, 5.41) is 17.3. The Morgan fingerprint density at radius 2 is 1.26 bits per heavy atom. The molecule has 0 aromatic heterocycles. The monoisotopic (exact) mass is 807 g/mol. The van der Waals surface area contributed by atoms with Crippen molar-refractivity contribution in [2.24, 2.45) is 11.8 Å². The maximum absolute atomic E-state index is 14.8. The minimum atomic E-state index is -4.07. The zero-order valence-corrected chi connectivity index (χ0v) is 35.3. The lowest BCUT2D eigenvalue weighted by Gasteiger charge is -2.34. The standard InChI is InChI=1S/C47H57N3O5S2/c1-6-56(43-29-27-42(55-5)28-30-43)49(32-36(2)3)34-45(51)44(31-38-19-11-7-12-20-38)48-47(52)37(4)35-57(53,54)50(33-39-21-13-8-14-22-39)46(40-23-15-9-16-24-40)41-25-17-10-18-26-41/h6-30,36-37,44-46,51H,31-35H2,1-5H3,(H,48,52)/t37-,44+,45-,56?/m1/s1. The van der Waals surface area contributed by atoms with Gasteiger partial charge in [-0.15, -0.1) is 0 Å². The molecule has 1 unspecified atom stereocenters. The van der Waals surface area contributed by atoms with Crippen LogP contribution in [0.1, 0.15) is 56.0 Å². The molecule has 0 heterocycles.